The average molecular weight is 474 g/mol. The zero-order valence-electron chi connectivity index (χ0n) is 18.3. The Morgan fingerprint density at radius 2 is 1.90 bits per heavy atom. The number of hydroxylamine groups is 2. The molecule has 0 radical (unpaired) electrons. The molecule has 1 rings (SSSR count). The van der Waals surface area contributed by atoms with E-state index in [1.54, 1.807) is 0 Å². The third kappa shape index (κ3) is 9.70. The summed E-state index contributed by atoms with van der Waals surface area (Å²) in [6, 6.07) is 2.73. The van der Waals surface area contributed by atoms with Crippen LogP contribution in [0.4, 0.5) is 0 Å². The standard InChI is InChI=1S/C20H31N3O6S2/c1-13(2)7-8-14(20(27)23(28)12-31-17-6-5-11-30-17)18(25)22-15(19(26)21-3)9-10-16(24)29-4/h5-6,11,13-15,28H,7-10,12H2,1-4H3,(H,21,26)(H,22,25)/t14-,15-/m0/s1. The molecule has 3 N–H and O–H groups in total. The second-order valence-corrected chi connectivity index (χ2v) is 9.45. The molecule has 11 heteroatoms. The minimum atomic E-state index is -1.15. The molecule has 0 bridgehead atoms. The highest BCUT2D eigenvalue weighted by atomic mass is 32.2. The first-order valence-electron chi connectivity index (χ1n) is 9.94. The van der Waals surface area contributed by atoms with Crippen molar-refractivity contribution in [2.75, 3.05) is 20.0 Å². The molecule has 31 heavy (non-hydrogen) atoms. The van der Waals surface area contributed by atoms with E-state index in [4.69, 9.17) is 0 Å². The van der Waals surface area contributed by atoms with Crippen LogP contribution in [0.5, 0.6) is 0 Å². The number of methoxy groups -OCH3 is 1. The van der Waals surface area contributed by atoms with E-state index in [0.717, 1.165) is 4.21 Å². The summed E-state index contributed by atoms with van der Waals surface area (Å²) in [4.78, 5) is 49.3. The molecular formula is C20H31N3O6S2. The van der Waals surface area contributed by atoms with Gasteiger partial charge in [0.05, 0.1) is 17.2 Å². The summed E-state index contributed by atoms with van der Waals surface area (Å²) in [5.41, 5.74) is 0. The number of rotatable bonds is 13. The van der Waals surface area contributed by atoms with Crippen LogP contribution in [0, 0.1) is 11.8 Å². The van der Waals surface area contributed by atoms with Gasteiger partial charge in [0.2, 0.25) is 11.8 Å². The number of likely N-dealkylation sites (N-methyl/N-ethyl adjacent to an activating group) is 1. The van der Waals surface area contributed by atoms with Crippen molar-refractivity contribution in [3.8, 4) is 0 Å². The molecule has 0 aliphatic rings. The third-order valence-electron chi connectivity index (χ3n) is 4.47. The van der Waals surface area contributed by atoms with Gasteiger partial charge in [-0.15, -0.1) is 11.3 Å². The van der Waals surface area contributed by atoms with Gasteiger partial charge in [-0.3, -0.25) is 24.4 Å². The van der Waals surface area contributed by atoms with Crippen molar-refractivity contribution >= 4 is 46.8 Å². The first-order valence-corrected chi connectivity index (χ1v) is 11.8. The number of hydrogen-bond acceptors (Lipinski definition) is 8. The maximum absolute atomic E-state index is 12.9. The highest BCUT2D eigenvalue weighted by molar-refractivity contribution is 8.01. The zero-order valence-corrected chi connectivity index (χ0v) is 19.9. The maximum atomic E-state index is 12.9. The van der Waals surface area contributed by atoms with Crippen molar-refractivity contribution in [2.45, 2.75) is 49.8 Å². The van der Waals surface area contributed by atoms with Gasteiger partial charge in [0, 0.05) is 13.5 Å². The molecule has 3 amide bonds. The molecule has 174 valence electrons. The van der Waals surface area contributed by atoms with Crippen molar-refractivity contribution < 1.29 is 29.1 Å². The highest BCUT2D eigenvalue weighted by Gasteiger charge is 2.33. The molecule has 0 saturated heterocycles. The van der Waals surface area contributed by atoms with Crippen LogP contribution in [0.1, 0.15) is 39.5 Å². The maximum Gasteiger partial charge on any atom is 0.305 e. The van der Waals surface area contributed by atoms with E-state index in [9.17, 15) is 24.4 Å². The number of carbonyl (C=O) groups excluding carboxylic acids is 4. The summed E-state index contributed by atoms with van der Waals surface area (Å²) in [5, 5.41) is 17.7. The lowest BCUT2D eigenvalue weighted by Gasteiger charge is -2.24. The van der Waals surface area contributed by atoms with Gasteiger partial charge in [0.1, 0.15) is 12.0 Å². The molecule has 0 aliphatic carbocycles. The fourth-order valence-corrected chi connectivity index (χ4v) is 4.26. The van der Waals surface area contributed by atoms with E-state index >= 15 is 0 Å². The van der Waals surface area contributed by atoms with Gasteiger partial charge >= 0.3 is 5.97 Å². The highest BCUT2D eigenvalue weighted by Crippen LogP contribution is 2.25. The van der Waals surface area contributed by atoms with Gasteiger partial charge in [-0.1, -0.05) is 31.7 Å². The van der Waals surface area contributed by atoms with E-state index in [0.29, 0.717) is 11.5 Å². The van der Waals surface area contributed by atoms with Crippen LogP contribution in [-0.4, -0.2) is 60.0 Å². The summed E-state index contributed by atoms with van der Waals surface area (Å²) in [7, 11) is 2.65. The van der Waals surface area contributed by atoms with E-state index in [-0.39, 0.29) is 31.1 Å². The van der Waals surface area contributed by atoms with Gasteiger partial charge in [-0.25, -0.2) is 5.06 Å². The topological polar surface area (TPSA) is 125 Å². The van der Waals surface area contributed by atoms with Crippen molar-refractivity contribution in [1.82, 2.24) is 15.7 Å². The van der Waals surface area contributed by atoms with Crippen LogP contribution in [-0.2, 0) is 23.9 Å². The molecule has 0 aliphatic heterocycles. The Hall–Kier alpha value is -2.11. The number of carbonyl (C=O) groups is 4. The Bertz CT molecular complexity index is 727. The first-order chi connectivity index (χ1) is 14.7. The molecule has 1 heterocycles. The summed E-state index contributed by atoms with van der Waals surface area (Å²) < 4.78 is 5.51. The number of amides is 3. The fraction of sp³-hybridized carbons (Fsp3) is 0.600. The minimum absolute atomic E-state index is 0.0218. The molecule has 0 unspecified atom stereocenters. The lowest BCUT2D eigenvalue weighted by atomic mass is 9.95. The Morgan fingerprint density at radius 1 is 1.19 bits per heavy atom. The summed E-state index contributed by atoms with van der Waals surface area (Å²) >= 11 is 2.76. The number of esters is 1. The molecule has 1 aromatic heterocycles. The molecule has 1 aromatic rings. The van der Waals surface area contributed by atoms with E-state index < -0.39 is 35.7 Å². The summed E-state index contributed by atoms with van der Waals surface area (Å²) in [5.74, 6) is -3.32. The summed E-state index contributed by atoms with van der Waals surface area (Å²) in [6.45, 7) is 3.93. The second-order valence-electron chi connectivity index (χ2n) is 7.26. The lowest BCUT2D eigenvalue weighted by molar-refractivity contribution is -0.168. The number of ether oxygens (including phenoxy) is 1. The molecule has 2 atom stereocenters. The van der Waals surface area contributed by atoms with Crippen molar-refractivity contribution in [2.24, 2.45) is 11.8 Å². The number of nitrogens with one attached hydrogen (secondary N) is 2. The Morgan fingerprint density at radius 3 is 2.45 bits per heavy atom. The Labute approximate surface area is 190 Å². The van der Waals surface area contributed by atoms with E-state index in [1.165, 1.54) is 37.3 Å². The summed E-state index contributed by atoms with van der Waals surface area (Å²) in [6.07, 6.45) is 0.770. The molecule has 0 saturated carbocycles. The Kier molecular flexibility index (Phi) is 12.2. The van der Waals surface area contributed by atoms with Gasteiger partial charge < -0.3 is 15.4 Å². The molecule has 9 nitrogen and oxygen atoms in total. The van der Waals surface area contributed by atoms with E-state index in [1.807, 2.05) is 31.4 Å². The monoisotopic (exact) mass is 473 g/mol. The Balaban J connectivity index is 2.86. The van der Waals surface area contributed by atoms with Crippen molar-refractivity contribution in [3.05, 3.63) is 17.5 Å². The van der Waals surface area contributed by atoms with Gasteiger partial charge in [-0.05, 0) is 36.6 Å². The van der Waals surface area contributed by atoms with Gasteiger partial charge in [0.25, 0.3) is 5.91 Å². The number of thioether (sulfide) groups is 1. The largest absolute Gasteiger partial charge is 0.469 e. The quantitative estimate of drug-likeness (QED) is 0.100. The van der Waals surface area contributed by atoms with Crippen LogP contribution in [0.15, 0.2) is 21.7 Å². The zero-order chi connectivity index (χ0) is 23.4. The predicted octanol–water partition coefficient (Wildman–Crippen LogP) is 2.25. The van der Waals surface area contributed by atoms with Crippen molar-refractivity contribution in [1.29, 1.82) is 0 Å². The van der Waals surface area contributed by atoms with Gasteiger partial charge in [-0.2, -0.15) is 0 Å². The van der Waals surface area contributed by atoms with Crippen LogP contribution in [0.2, 0.25) is 0 Å². The van der Waals surface area contributed by atoms with Crippen molar-refractivity contribution in [3.63, 3.8) is 0 Å². The van der Waals surface area contributed by atoms with Gasteiger partial charge in [0.15, 0.2) is 0 Å². The normalized spacial score (nSPS) is 12.7. The molecular weight excluding hydrogens is 442 g/mol. The minimum Gasteiger partial charge on any atom is -0.469 e. The average Bonchev–Trinajstić information content (AvgIpc) is 3.27. The van der Waals surface area contributed by atoms with Crippen LogP contribution in [0.3, 0.4) is 0 Å². The molecule has 0 fully saturated rings. The lowest BCUT2D eigenvalue weighted by Crippen LogP contribution is -2.50. The smallest absolute Gasteiger partial charge is 0.305 e. The number of hydrogen-bond donors (Lipinski definition) is 3. The third-order valence-corrected chi connectivity index (χ3v) is 6.57. The van der Waals surface area contributed by atoms with Crippen LogP contribution in [0.25, 0.3) is 0 Å². The fourth-order valence-electron chi connectivity index (χ4n) is 2.66. The number of nitrogens with zero attached hydrogens (tertiary/aromatic N) is 1. The molecule has 0 aromatic carbocycles. The first kappa shape index (κ1) is 26.9. The molecule has 0 spiro atoms. The number of thiophene rings is 1. The second kappa shape index (κ2) is 14.0. The van der Waals surface area contributed by atoms with E-state index in [2.05, 4.69) is 15.4 Å². The van der Waals surface area contributed by atoms with Crippen LogP contribution >= 0.6 is 23.1 Å². The van der Waals surface area contributed by atoms with Crippen LogP contribution < -0.4 is 10.6 Å². The SMILES string of the molecule is CNC(=O)[C@H](CCC(=O)OC)NC(=O)[C@H](CCC(C)C)C(=O)N(O)CSc1cccs1. The predicted molar refractivity (Wildman–Crippen MR) is 118 cm³/mol.